The molecule has 1 fully saturated rings. The molecule has 1 aliphatic rings. The van der Waals surface area contributed by atoms with E-state index in [-0.39, 0.29) is 18.1 Å². The first-order valence-electron chi connectivity index (χ1n) is 9.62. The van der Waals surface area contributed by atoms with Crippen molar-refractivity contribution in [3.63, 3.8) is 0 Å². The van der Waals surface area contributed by atoms with Crippen molar-refractivity contribution in [1.29, 1.82) is 0 Å². The summed E-state index contributed by atoms with van der Waals surface area (Å²) in [6.45, 7) is 3.90. The molecule has 1 aromatic rings. The summed E-state index contributed by atoms with van der Waals surface area (Å²) in [7, 11) is 3.21. The molecular weight excluding hydrogens is 382 g/mol. The first-order chi connectivity index (χ1) is 13.7. The fraction of sp³-hybridized carbons (Fsp3) is 0.600. The van der Waals surface area contributed by atoms with Gasteiger partial charge in [-0.1, -0.05) is 13.0 Å². The summed E-state index contributed by atoms with van der Waals surface area (Å²) in [4.78, 5) is 29.1. The number of piperazine rings is 1. The number of rotatable bonds is 7. The van der Waals surface area contributed by atoms with Crippen molar-refractivity contribution in [2.45, 2.75) is 38.0 Å². The van der Waals surface area contributed by atoms with Crippen molar-refractivity contribution < 1.29 is 23.1 Å². The standard InChI is InChI=1S/C20H30F2N4O3/c1-12(14-5-6-17(23)16(22)9-14)18(24-19(27)13(2)29-4)20(28)26-8-7-25(3)15(10-21)11-26/h5-6,9,12-13,15,18H,7-8,10-11,23H2,1-4H3,(H,24,27)/t12-,13-,15-,18+/m0/s1. The average Bonchev–Trinajstić information content (AvgIpc) is 2.72. The SMILES string of the molecule is CO[C@@H](C)C(=O)N[C@@H](C(=O)N1CCN(C)[C@@H](CF)C1)[C@@H](C)c1ccc(N)c(F)c1. The lowest BCUT2D eigenvalue weighted by molar-refractivity contribution is -0.141. The summed E-state index contributed by atoms with van der Waals surface area (Å²) in [6, 6.07) is 2.97. The van der Waals surface area contributed by atoms with Crippen LogP contribution in [0.4, 0.5) is 14.5 Å². The number of likely N-dealkylation sites (N-methyl/N-ethyl adjacent to an activating group) is 1. The van der Waals surface area contributed by atoms with E-state index < -0.39 is 42.5 Å². The van der Waals surface area contributed by atoms with Gasteiger partial charge in [-0.3, -0.25) is 14.5 Å². The zero-order chi connectivity index (χ0) is 21.7. The lowest BCUT2D eigenvalue weighted by Crippen LogP contribution is -2.59. The largest absolute Gasteiger partial charge is 0.396 e. The molecule has 0 radical (unpaired) electrons. The lowest BCUT2D eigenvalue weighted by atomic mass is 9.91. The maximum Gasteiger partial charge on any atom is 0.249 e. The molecule has 2 amide bonds. The van der Waals surface area contributed by atoms with Gasteiger partial charge in [0.05, 0.1) is 11.7 Å². The van der Waals surface area contributed by atoms with Crippen molar-refractivity contribution in [1.82, 2.24) is 15.1 Å². The maximum absolute atomic E-state index is 14.0. The number of carbonyl (C=O) groups is 2. The highest BCUT2D eigenvalue weighted by Crippen LogP contribution is 2.25. The van der Waals surface area contributed by atoms with Crippen molar-refractivity contribution in [2.75, 3.05) is 46.2 Å². The van der Waals surface area contributed by atoms with Crippen molar-refractivity contribution in [3.05, 3.63) is 29.6 Å². The van der Waals surface area contributed by atoms with Gasteiger partial charge in [-0.25, -0.2) is 8.78 Å². The van der Waals surface area contributed by atoms with Gasteiger partial charge in [0, 0.05) is 32.7 Å². The van der Waals surface area contributed by atoms with Crippen LogP contribution >= 0.6 is 0 Å². The van der Waals surface area contributed by atoms with E-state index in [0.717, 1.165) is 0 Å². The van der Waals surface area contributed by atoms with E-state index in [1.807, 2.05) is 11.9 Å². The zero-order valence-corrected chi connectivity index (χ0v) is 17.3. The highest BCUT2D eigenvalue weighted by molar-refractivity contribution is 5.90. The number of nitrogens with two attached hydrogens (primary N) is 1. The monoisotopic (exact) mass is 412 g/mol. The van der Waals surface area contributed by atoms with Gasteiger partial charge in [0.25, 0.3) is 0 Å². The number of ether oxygens (including phenoxy) is 1. The van der Waals surface area contributed by atoms with Crippen LogP contribution < -0.4 is 11.1 Å². The number of anilines is 1. The number of methoxy groups -OCH3 is 1. The molecule has 0 spiro atoms. The lowest BCUT2D eigenvalue weighted by Gasteiger charge is -2.40. The smallest absolute Gasteiger partial charge is 0.249 e. The minimum Gasteiger partial charge on any atom is -0.396 e. The van der Waals surface area contributed by atoms with Gasteiger partial charge in [-0.2, -0.15) is 0 Å². The van der Waals surface area contributed by atoms with E-state index in [1.54, 1.807) is 24.8 Å². The van der Waals surface area contributed by atoms with Crippen LogP contribution in [0.5, 0.6) is 0 Å². The van der Waals surface area contributed by atoms with Crippen molar-refractivity contribution in [3.8, 4) is 0 Å². The van der Waals surface area contributed by atoms with Gasteiger partial charge >= 0.3 is 0 Å². The predicted molar refractivity (Wildman–Crippen MR) is 107 cm³/mol. The molecule has 0 unspecified atom stereocenters. The van der Waals surface area contributed by atoms with Gasteiger partial charge in [-0.15, -0.1) is 0 Å². The van der Waals surface area contributed by atoms with Gasteiger partial charge in [0.2, 0.25) is 11.8 Å². The molecule has 4 atom stereocenters. The molecule has 1 aliphatic heterocycles. The summed E-state index contributed by atoms with van der Waals surface area (Å²) >= 11 is 0. The Labute approximate surface area is 170 Å². The van der Waals surface area contributed by atoms with E-state index in [9.17, 15) is 18.4 Å². The fourth-order valence-corrected chi connectivity index (χ4v) is 3.31. The van der Waals surface area contributed by atoms with Gasteiger partial charge in [-0.05, 0) is 31.7 Å². The first kappa shape index (κ1) is 23.0. The van der Waals surface area contributed by atoms with Crippen LogP contribution in [-0.4, -0.2) is 80.3 Å². The Hall–Kier alpha value is -2.26. The highest BCUT2D eigenvalue weighted by atomic mass is 19.1. The Bertz CT molecular complexity index is 734. The zero-order valence-electron chi connectivity index (χ0n) is 17.3. The molecule has 1 saturated heterocycles. The van der Waals surface area contributed by atoms with E-state index in [0.29, 0.717) is 18.7 Å². The molecule has 7 nitrogen and oxygen atoms in total. The van der Waals surface area contributed by atoms with E-state index in [1.165, 1.54) is 19.2 Å². The van der Waals surface area contributed by atoms with E-state index in [2.05, 4.69) is 5.32 Å². The maximum atomic E-state index is 14.0. The van der Waals surface area contributed by atoms with Gasteiger partial charge in [0.1, 0.15) is 24.6 Å². The topological polar surface area (TPSA) is 87.9 Å². The molecule has 9 heteroatoms. The second-order valence-corrected chi connectivity index (χ2v) is 7.51. The second kappa shape index (κ2) is 9.98. The molecule has 162 valence electrons. The molecule has 3 N–H and O–H groups in total. The molecule has 0 saturated carbocycles. The molecule has 0 aromatic heterocycles. The molecule has 1 heterocycles. The van der Waals surface area contributed by atoms with Crippen LogP contribution in [-0.2, 0) is 14.3 Å². The third kappa shape index (κ3) is 5.42. The molecule has 2 rings (SSSR count). The third-order valence-corrected chi connectivity index (χ3v) is 5.60. The van der Waals surface area contributed by atoms with Gasteiger partial charge in [0.15, 0.2) is 0 Å². The number of hydrogen-bond acceptors (Lipinski definition) is 5. The summed E-state index contributed by atoms with van der Waals surface area (Å²) in [5.41, 5.74) is 6.08. The van der Waals surface area contributed by atoms with Crippen LogP contribution in [0, 0.1) is 5.82 Å². The Morgan fingerprint density at radius 1 is 1.34 bits per heavy atom. The minimum absolute atomic E-state index is 0.00530. The number of nitrogen functional groups attached to an aromatic ring is 1. The minimum atomic E-state index is -0.952. The quantitative estimate of drug-likeness (QED) is 0.656. The summed E-state index contributed by atoms with van der Waals surface area (Å²) < 4.78 is 32.3. The molecule has 1 aromatic carbocycles. The fourth-order valence-electron chi connectivity index (χ4n) is 3.31. The average molecular weight is 412 g/mol. The Morgan fingerprint density at radius 3 is 2.62 bits per heavy atom. The number of nitrogens with one attached hydrogen (secondary N) is 1. The van der Waals surface area contributed by atoms with Crippen molar-refractivity contribution in [2.24, 2.45) is 0 Å². The Morgan fingerprint density at radius 2 is 2.03 bits per heavy atom. The van der Waals surface area contributed by atoms with Crippen LogP contribution in [0.15, 0.2) is 18.2 Å². The van der Waals surface area contributed by atoms with E-state index in [4.69, 9.17) is 10.5 Å². The number of amides is 2. The number of halogens is 2. The third-order valence-electron chi connectivity index (χ3n) is 5.60. The Balaban J connectivity index is 2.29. The first-order valence-corrected chi connectivity index (χ1v) is 9.62. The summed E-state index contributed by atoms with van der Waals surface area (Å²) in [5, 5.41) is 2.72. The summed E-state index contributed by atoms with van der Waals surface area (Å²) in [5.74, 6) is -1.91. The highest BCUT2D eigenvalue weighted by Gasteiger charge is 2.36. The normalized spacial score (nSPS) is 20.8. The molecule has 29 heavy (non-hydrogen) atoms. The van der Waals surface area contributed by atoms with Crippen LogP contribution in [0.25, 0.3) is 0 Å². The number of carbonyl (C=O) groups excluding carboxylic acids is 2. The summed E-state index contributed by atoms with van der Waals surface area (Å²) in [6.07, 6.45) is -0.758. The Kier molecular flexibility index (Phi) is 7.92. The number of benzene rings is 1. The molecule has 0 bridgehead atoms. The van der Waals surface area contributed by atoms with Gasteiger partial charge < -0.3 is 20.7 Å². The number of hydrogen-bond donors (Lipinski definition) is 2. The predicted octanol–water partition coefficient (Wildman–Crippen LogP) is 1.14. The number of nitrogens with zero attached hydrogens (tertiary/aromatic N) is 2. The number of alkyl halides is 1. The second-order valence-electron chi connectivity index (χ2n) is 7.51. The van der Waals surface area contributed by atoms with E-state index >= 15 is 0 Å². The van der Waals surface area contributed by atoms with Crippen LogP contribution in [0.1, 0.15) is 25.3 Å². The van der Waals surface area contributed by atoms with Crippen LogP contribution in [0.3, 0.4) is 0 Å². The molecule has 0 aliphatic carbocycles. The van der Waals surface area contributed by atoms with Crippen molar-refractivity contribution >= 4 is 17.5 Å². The molecular formula is C20H30F2N4O3. The van der Waals surface area contributed by atoms with Crippen LogP contribution in [0.2, 0.25) is 0 Å².